The summed E-state index contributed by atoms with van der Waals surface area (Å²) in [6, 6.07) is 0. The minimum absolute atomic E-state index is 0.102. The molecule has 6 rings (SSSR count). The van der Waals surface area contributed by atoms with E-state index in [1.54, 1.807) is 6.92 Å². The zero-order valence-corrected chi connectivity index (χ0v) is 53.3. The molecule has 6 fully saturated rings. The normalized spacial score (nSPS) is 24.0. The first-order valence-electron chi connectivity index (χ1n) is 28.1. The molecule has 0 bridgehead atoms. The molecule has 32 heteroatoms. The molecule has 6 unspecified atom stereocenters. The summed E-state index contributed by atoms with van der Waals surface area (Å²) in [6.07, 6.45) is 4.82. The van der Waals surface area contributed by atoms with Crippen LogP contribution in [0.5, 0.6) is 0 Å². The predicted octanol–water partition coefficient (Wildman–Crippen LogP) is 2.65. The first kappa shape index (κ1) is 81.0. The molecular weight excluding hydrogens is 1240 g/mol. The molecule has 6 aliphatic heterocycles. The van der Waals surface area contributed by atoms with E-state index >= 15 is 0 Å². The summed E-state index contributed by atoms with van der Waals surface area (Å²) in [5.41, 5.74) is -6.46. The van der Waals surface area contributed by atoms with Gasteiger partial charge in [-0.05, 0) is 62.3 Å². The van der Waals surface area contributed by atoms with Crippen molar-refractivity contribution >= 4 is 95.5 Å². The van der Waals surface area contributed by atoms with Gasteiger partial charge in [-0.25, -0.2) is 67.1 Å². The molecule has 32 nitrogen and oxygen atoms in total. The molecule has 0 aromatic rings. The average molecular weight is 1320 g/mol. The summed E-state index contributed by atoms with van der Waals surface area (Å²) < 4.78 is 76.2. The van der Waals surface area contributed by atoms with Crippen LogP contribution in [0.4, 0.5) is 0 Å². The van der Waals surface area contributed by atoms with Gasteiger partial charge in [-0.1, -0.05) is 39.5 Å². The SMILES string of the molecule is C=C(C)C(=O)OC1(C)CCOC1=O.C=C(C)C(=O)OCC(=O)OC1(C)CCOC1=O.C=C(C)C(=O)OCCC(=O)OC1(C)CCOC1=O.C=CC(=O)OC1(C)CCOC1=O.C=CC(=O)OCC(=O)OC1(C)CCOC1=O.C=CC(=O)OCCC(=O)OC1(C)CCOC1=O. The summed E-state index contributed by atoms with van der Waals surface area (Å²) in [7, 11) is 0. The van der Waals surface area contributed by atoms with E-state index in [9.17, 15) is 76.7 Å². The lowest BCUT2D eigenvalue weighted by molar-refractivity contribution is -0.175. The van der Waals surface area contributed by atoms with E-state index < -0.39 is 142 Å². The molecule has 0 radical (unpaired) electrons. The first-order chi connectivity index (χ1) is 43.2. The van der Waals surface area contributed by atoms with Gasteiger partial charge in [-0.15, -0.1) is 0 Å². The topological polar surface area (TPSA) is 421 Å². The molecule has 0 saturated carbocycles. The Morgan fingerprint density at radius 3 is 0.871 bits per heavy atom. The number of hydrogen-bond donors (Lipinski definition) is 0. The highest BCUT2D eigenvalue weighted by Crippen LogP contribution is 2.29. The molecule has 93 heavy (non-hydrogen) atoms. The van der Waals surface area contributed by atoms with Crippen molar-refractivity contribution in [3.63, 3.8) is 0 Å². The molecule has 0 spiro atoms. The maximum Gasteiger partial charge on any atom is 0.350 e. The van der Waals surface area contributed by atoms with E-state index in [0.29, 0.717) is 51.7 Å². The third kappa shape index (κ3) is 27.5. The Morgan fingerprint density at radius 1 is 0.344 bits per heavy atom. The maximum absolute atomic E-state index is 11.5. The predicted molar refractivity (Wildman–Crippen MR) is 309 cm³/mol. The van der Waals surface area contributed by atoms with Crippen LogP contribution in [-0.2, 0) is 153 Å². The van der Waals surface area contributed by atoms with Crippen LogP contribution in [0, 0.1) is 0 Å². The number of esters is 16. The smallest absolute Gasteiger partial charge is 0.350 e. The van der Waals surface area contributed by atoms with Crippen LogP contribution >= 0.6 is 0 Å². The van der Waals surface area contributed by atoms with Crippen molar-refractivity contribution in [1.29, 1.82) is 0 Å². The van der Waals surface area contributed by atoms with Gasteiger partial charge in [0, 0.05) is 73.5 Å². The zero-order valence-electron chi connectivity index (χ0n) is 53.3. The highest BCUT2D eigenvalue weighted by Gasteiger charge is 2.48. The van der Waals surface area contributed by atoms with Crippen LogP contribution < -0.4 is 0 Å². The van der Waals surface area contributed by atoms with Crippen molar-refractivity contribution in [2.24, 2.45) is 0 Å². The van der Waals surface area contributed by atoms with Gasteiger partial charge in [0.25, 0.3) is 0 Å². The fourth-order valence-electron chi connectivity index (χ4n) is 6.92. The van der Waals surface area contributed by atoms with Crippen molar-refractivity contribution in [3.8, 4) is 0 Å². The monoisotopic (exact) mass is 1320 g/mol. The Labute approximate surface area is 534 Å². The lowest BCUT2D eigenvalue weighted by Gasteiger charge is -2.19. The fourth-order valence-corrected chi connectivity index (χ4v) is 6.92. The van der Waals surface area contributed by atoms with Crippen molar-refractivity contribution in [2.75, 3.05) is 66.1 Å². The largest absolute Gasteiger partial charge is 0.463 e. The van der Waals surface area contributed by atoms with Gasteiger partial charge in [-0.2, -0.15) is 0 Å². The second-order valence-electron chi connectivity index (χ2n) is 21.3. The molecule has 0 aromatic carbocycles. The fraction of sp³-hybridized carbons (Fsp3) is 0.541. The van der Waals surface area contributed by atoms with Crippen LogP contribution in [-0.4, -0.2) is 195 Å². The third-order valence-corrected chi connectivity index (χ3v) is 12.8. The Bertz CT molecular complexity index is 2930. The molecule has 514 valence electrons. The van der Waals surface area contributed by atoms with E-state index in [1.165, 1.54) is 55.4 Å². The van der Waals surface area contributed by atoms with Gasteiger partial charge < -0.3 is 75.8 Å². The molecule has 6 heterocycles. The van der Waals surface area contributed by atoms with Crippen LogP contribution in [0.15, 0.2) is 74.4 Å². The second kappa shape index (κ2) is 37.3. The van der Waals surface area contributed by atoms with E-state index in [4.69, 9.17) is 52.1 Å². The Morgan fingerprint density at radius 2 is 0.591 bits per heavy atom. The van der Waals surface area contributed by atoms with E-state index in [-0.39, 0.29) is 69.2 Å². The van der Waals surface area contributed by atoms with Gasteiger partial charge in [0.1, 0.15) is 13.2 Å². The van der Waals surface area contributed by atoms with Crippen molar-refractivity contribution < 1.29 is 153 Å². The van der Waals surface area contributed by atoms with E-state index in [2.05, 4.69) is 63.2 Å². The molecular formula is C61H78O32. The molecule has 0 aromatic heterocycles. The number of hydrogen-bond acceptors (Lipinski definition) is 32. The molecule has 0 N–H and O–H groups in total. The summed E-state index contributed by atoms with van der Waals surface area (Å²) >= 11 is 0. The number of ether oxygens (including phenoxy) is 16. The third-order valence-electron chi connectivity index (χ3n) is 12.8. The minimum Gasteiger partial charge on any atom is -0.463 e. The van der Waals surface area contributed by atoms with Crippen LogP contribution in [0.1, 0.15) is 114 Å². The quantitative estimate of drug-likeness (QED) is 0.0854. The zero-order chi connectivity index (χ0) is 71.1. The molecule has 0 aliphatic carbocycles. The molecule has 6 saturated heterocycles. The summed E-state index contributed by atoms with van der Waals surface area (Å²) in [5, 5.41) is 0. The Balaban J connectivity index is 0.000000561. The van der Waals surface area contributed by atoms with Gasteiger partial charge in [0.2, 0.25) is 33.6 Å². The average Bonchev–Trinajstić information content (AvgIpc) is 2.06. The standard InChI is InChI=1S/C12H16O6.2C11H14O6.C10H12O6.C9H12O4.C8H10O4/c1-8(2)10(14)16-6-4-9(13)18-12(3)5-7-17-11(12)15;1-7(2)9(13)16-6-8(12)17-11(3)4-5-15-10(11)14;1-3-8(12)15-6-4-9(13)17-11(2)5-7-16-10(11)14;1-3-7(11)15-6-8(12)16-10(2)4-5-14-9(10)13;1-6(2)7(10)13-9(3)4-5-12-8(9)11;1-3-6(9)12-8(2)4-5-11-7(8)10/h1,4-7H2,2-3H3;1,4-6H2,2-3H3;3H,1,4-7H2,2H3;3H,1,4-6H2,2H3;1,4-5H2,2-3H3;3H,1,4-5H2,2H3. The molecule has 0 amide bonds. The van der Waals surface area contributed by atoms with Crippen molar-refractivity contribution in [2.45, 2.75) is 147 Å². The highest BCUT2D eigenvalue weighted by molar-refractivity contribution is 5.93. The lowest BCUT2D eigenvalue weighted by atomic mass is 10.1. The number of rotatable bonds is 22. The van der Waals surface area contributed by atoms with Gasteiger partial charge in [0.05, 0.1) is 52.5 Å². The van der Waals surface area contributed by atoms with Crippen LogP contribution in [0.2, 0.25) is 0 Å². The van der Waals surface area contributed by atoms with E-state index in [0.717, 1.165) is 18.2 Å². The van der Waals surface area contributed by atoms with Crippen LogP contribution in [0.3, 0.4) is 0 Å². The number of carbonyl (C=O) groups excluding carboxylic acids is 16. The molecule has 6 aliphatic rings. The van der Waals surface area contributed by atoms with Gasteiger partial charge in [-0.3, -0.25) is 9.59 Å². The van der Waals surface area contributed by atoms with Crippen molar-refractivity contribution in [1.82, 2.24) is 0 Å². The Hall–Kier alpha value is -10.0. The summed E-state index contributed by atoms with van der Waals surface area (Å²) in [6.45, 7) is 33.5. The van der Waals surface area contributed by atoms with Gasteiger partial charge >= 0.3 is 95.5 Å². The number of cyclic esters (lactones) is 6. The Kier molecular flexibility index (Phi) is 32.5. The van der Waals surface area contributed by atoms with Crippen LogP contribution in [0.25, 0.3) is 0 Å². The second-order valence-corrected chi connectivity index (χ2v) is 21.3. The lowest BCUT2D eigenvalue weighted by Crippen LogP contribution is -2.37. The van der Waals surface area contributed by atoms with Gasteiger partial charge in [0.15, 0.2) is 13.2 Å². The minimum atomic E-state index is -1.27. The van der Waals surface area contributed by atoms with E-state index in [1.807, 2.05) is 0 Å². The number of carbonyl (C=O) groups is 16. The maximum atomic E-state index is 11.5. The molecule has 6 atom stereocenters. The van der Waals surface area contributed by atoms with Crippen molar-refractivity contribution in [3.05, 3.63) is 74.4 Å². The highest BCUT2D eigenvalue weighted by atomic mass is 16.7. The first-order valence-corrected chi connectivity index (χ1v) is 28.1. The summed E-state index contributed by atoms with van der Waals surface area (Å²) in [4.78, 5) is 178. The summed E-state index contributed by atoms with van der Waals surface area (Å²) in [5.74, 6) is -9.77.